The molecule has 0 aromatic carbocycles. The minimum Gasteiger partial charge on any atom is -0.465 e. The van der Waals surface area contributed by atoms with Crippen LogP contribution in [-0.4, -0.2) is 32.8 Å². The number of aromatic amines is 1. The van der Waals surface area contributed by atoms with E-state index in [1.54, 1.807) is 16.7 Å². The molecule has 0 aliphatic rings. The van der Waals surface area contributed by atoms with Gasteiger partial charge >= 0.3 is 11.7 Å². The van der Waals surface area contributed by atoms with Gasteiger partial charge in [-0.2, -0.15) is 0 Å². The maximum Gasteiger partial charge on any atom is 0.343 e. The second kappa shape index (κ2) is 6.38. The first-order chi connectivity index (χ1) is 9.65. The van der Waals surface area contributed by atoms with Gasteiger partial charge in [-0.15, -0.1) is 5.10 Å². The maximum atomic E-state index is 11.4. The lowest BCUT2D eigenvalue weighted by Crippen LogP contribution is -2.16. The van der Waals surface area contributed by atoms with Crippen molar-refractivity contribution in [2.24, 2.45) is 0 Å². The maximum absolute atomic E-state index is 11.4. The minimum absolute atomic E-state index is 0.219. The number of pyridine rings is 1. The van der Waals surface area contributed by atoms with Gasteiger partial charge in [0.25, 0.3) is 0 Å². The lowest BCUT2D eigenvalue weighted by Gasteiger charge is -2.03. The van der Waals surface area contributed by atoms with Crippen LogP contribution >= 0.6 is 11.8 Å². The summed E-state index contributed by atoms with van der Waals surface area (Å²) in [5.74, 6) is 0.148. The van der Waals surface area contributed by atoms with Crippen LogP contribution in [0.1, 0.15) is 23.0 Å². The number of aromatic nitrogens is 4. The van der Waals surface area contributed by atoms with Gasteiger partial charge in [-0.25, -0.2) is 14.7 Å². The van der Waals surface area contributed by atoms with Crippen LogP contribution in [0, 0.1) is 0 Å². The van der Waals surface area contributed by atoms with Crippen LogP contribution in [0.5, 0.6) is 0 Å². The smallest absolute Gasteiger partial charge is 0.343 e. The molecule has 0 bridgehead atoms. The van der Waals surface area contributed by atoms with Gasteiger partial charge in [-0.3, -0.25) is 9.55 Å². The van der Waals surface area contributed by atoms with Crippen molar-refractivity contribution in [3.63, 3.8) is 0 Å². The molecule has 0 unspecified atom stereocenters. The summed E-state index contributed by atoms with van der Waals surface area (Å²) >= 11 is 1.41. The second-order valence-corrected chi connectivity index (χ2v) is 4.82. The van der Waals surface area contributed by atoms with Crippen molar-refractivity contribution in [3.05, 3.63) is 40.1 Å². The number of ether oxygens (including phenoxy) is 1. The van der Waals surface area contributed by atoms with Crippen LogP contribution in [0.2, 0.25) is 0 Å². The number of carbonyl (C=O) groups excluding carboxylic acids is 1. The van der Waals surface area contributed by atoms with Crippen LogP contribution in [0.3, 0.4) is 0 Å². The molecule has 0 amide bonds. The van der Waals surface area contributed by atoms with Crippen molar-refractivity contribution in [2.75, 3.05) is 7.11 Å². The Labute approximate surface area is 119 Å². The molecule has 0 aliphatic carbocycles. The predicted octanol–water partition coefficient (Wildman–Crippen LogP) is 1.07. The lowest BCUT2D eigenvalue weighted by atomic mass is 10.2. The number of rotatable bonds is 5. The number of esters is 1. The zero-order valence-corrected chi connectivity index (χ0v) is 11.9. The molecule has 20 heavy (non-hydrogen) atoms. The van der Waals surface area contributed by atoms with E-state index in [9.17, 15) is 9.59 Å². The Morgan fingerprint density at radius 1 is 1.50 bits per heavy atom. The number of H-pyrrole nitrogens is 1. The summed E-state index contributed by atoms with van der Waals surface area (Å²) in [4.78, 5) is 26.8. The van der Waals surface area contributed by atoms with Crippen molar-refractivity contribution in [1.29, 1.82) is 0 Å². The van der Waals surface area contributed by atoms with Crippen LogP contribution in [0.25, 0.3) is 0 Å². The third-order valence-electron chi connectivity index (χ3n) is 2.63. The highest BCUT2D eigenvalue weighted by atomic mass is 32.2. The summed E-state index contributed by atoms with van der Waals surface area (Å²) in [5.41, 5.74) is 0.983. The number of methoxy groups -OCH3 is 1. The standard InChI is InChI=1S/C12H14N4O3S/c1-3-16-11(18)14-15-12(16)20-7-9-5-4-8(6-13-9)10(17)19-2/h4-6H,3,7H2,1-2H3,(H,14,18). The summed E-state index contributed by atoms with van der Waals surface area (Å²) in [6, 6.07) is 3.41. The SMILES string of the molecule is CCn1c(SCc2ccc(C(=O)OC)cn2)n[nH]c1=O. The largest absolute Gasteiger partial charge is 0.465 e. The third-order valence-corrected chi connectivity index (χ3v) is 3.64. The molecule has 7 nitrogen and oxygen atoms in total. The molecule has 0 atom stereocenters. The van der Waals surface area contributed by atoms with Crippen LogP contribution in [0.15, 0.2) is 28.3 Å². The van der Waals surface area contributed by atoms with E-state index in [4.69, 9.17) is 0 Å². The summed E-state index contributed by atoms with van der Waals surface area (Å²) in [7, 11) is 1.33. The van der Waals surface area contributed by atoms with Gasteiger partial charge in [0.05, 0.1) is 18.4 Å². The Hall–Kier alpha value is -2.09. The monoisotopic (exact) mass is 294 g/mol. The molecule has 0 aliphatic heterocycles. The molecule has 1 N–H and O–H groups in total. The number of thioether (sulfide) groups is 1. The molecular formula is C12H14N4O3S. The Bertz CT molecular complexity index is 647. The Balaban J connectivity index is 2.04. The quantitative estimate of drug-likeness (QED) is 0.655. The predicted molar refractivity (Wildman–Crippen MR) is 73.7 cm³/mol. The van der Waals surface area contributed by atoms with Crippen LogP contribution in [-0.2, 0) is 17.0 Å². The lowest BCUT2D eigenvalue weighted by molar-refractivity contribution is 0.0600. The van der Waals surface area contributed by atoms with E-state index < -0.39 is 5.97 Å². The van der Waals surface area contributed by atoms with Crippen LogP contribution in [0.4, 0.5) is 0 Å². The van der Waals surface area contributed by atoms with E-state index in [1.165, 1.54) is 25.1 Å². The fraction of sp³-hybridized carbons (Fsp3) is 0.333. The molecule has 2 rings (SSSR count). The fourth-order valence-corrected chi connectivity index (χ4v) is 2.51. The first kappa shape index (κ1) is 14.3. The van der Waals surface area contributed by atoms with E-state index in [2.05, 4.69) is 19.9 Å². The van der Waals surface area contributed by atoms with E-state index in [-0.39, 0.29) is 5.69 Å². The minimum atomic E-state index is -0.413. The van der Waals surface area contributed by atoms with Crippen molar-refractivity contribution < 1.29 is 9.53 Å². The molecule has 0 fully saturated rings. The number of hydrogen-bond donors (Lipinski definition) is 1. The van der Waals surface area contributed by atoms with Gasteiger partial charge in [0, 0.05) is 18.5 Å². The molecular weight excluding hydrogens is 280 g/mol. The van der Waals surface area contributed by atoms with Gasteiger partial charge in [-0.05, 0) is 19.1 Å². The zero-order chi connectivity index (χ0) is 14.5. The fourth-order valence-electron chi connectivity index (χ4n) is 1.58. The third kappa shape index (κ3) is 3.08. The molecule has 0 saturated heterocycles. The average molecular weight is 294 g/mol. The van der Waals surface area contributed by atoms with E-state index >= 15 is 0 Å². The zero-order valence-electron chi connectivity index (χ0n) is 11.1. The number of nitrogens with one attached hydrogen (secondary N) is 1. The summed E-state index contributed by atoms with van der Waals surface area (Å²) < 4.78 is 6.15. The average Bonchev–Trinajstić information content (AvgIpc) is 2.85. The second-order valence-electron chi connectivity index (χ2n) is 3.87. The Kier molecular flexibility index (Phi) is 4.57. The molecule has 2 aromatic rings. The highest BCUT2D eigenvalue weighted by Crippen LogP contribution is 2.18. The first-order valence-electron chi connectivity index (χ1n) is 5.97. The molecule has 106 valence electrons. The van der Waals surface area contributed by atoms with Gasteiger partial charge in [0.2, 0.25) is 0 Å². The van der Waals surface area contributed by atoms with Crippen molar-refractivity contribution in [2.45, 2.75) is 24.4 Å². The summed E-state index contributed by atoms with van der Waals surface area (Å²) in [6.07, 6.45) is 1.47. The Morgan fingerprint density at radius 2 is 2.30 bits per heavy atom. The van der Waals surface area contributed by atoms with Crippen molar-refractivity contribution in [1.82, 2.24) is 19.7 Å². The Morgan fingerprint density at radius 3 is 2.90 bits per heavy atom. The molecule has 2 aromatic heterocycles. The first-order valence-corrected chi connectivity index (χ1v) is 6.95. The summed E-state index contributed by atoms with van der Waals surface area (Å²) in [6.45, 7) is 2.44. The van der Waals surface area contributed by atoms with Crippen molar-refractivity contribution >= 4 is 17.7 Å². The molecule has 0 saturated carbocycles. The number of hydrogen-bond acceptors (Lipinski definition) is 6. The van der Waals surface area contributed by atoms with Gasteiger partial charge in [0.1, 0.15) is 0 Å². The van der Waals surface area contributed by atoms with E-state index in [1.807, 2.05) is 6.92 Å². The van der Waals surface area contributed by atoms with Gasteiger partial charge in [-0.1, -0.05) is 11.8 Å². The van der Waals surface area contributed by atoms with Gasteiger partial charge < -0.3 is 4.74 Å². The number of nitrogens with zero attached hydrogens (tertiary/aromatic N) is 3. The van der Waals surface area contributed by atoms with Gasteiger partial charge in [0.15, 0.2) is 5.16 Å². The van der Waals surface area contributed by atoms with Crippen molar-refractivity contribution in [3.8, 4) is 0 Å². The number of carbonyl (C=O) groups is 1. The normalized spacial score (nSPS) is 10.5. The van der Waals surface area contributed by atoms with Crippen LogP contribution < -0.4 is 5.69 Å². The molecule has 2 heterocycles. The summed E-state index contributed by atoms with van der Waals surface area (Å²) in [5, 5.41) is 6.98. The topological polar surface area (TPSA) is 89.9 Å². The highest BCUT2D eigenvalue weighted by molar-refractivity contribution is 7.98. The molecule has 0 radical (unpaired) electrons. The van der Waals surface area contributed by atoms with E-state index in [0.29, 0.717) is 23.0 Å². The highest BCUT2D eigenvalue weighted by Gasteiger charge is 2.09. The van der Waals surface area contributed by atoms with E-state index in [0.717, 1.165) is 5.69 Å². The molecule has 0 spiro atoms. The molecule has 8 heteroatoms.